The van der Waals surface area contributed by atoms with Crippen LogP contribution in [0.1, 0.15) is 27.2 Å². The Bertz CT molecular complexity index is 239. The fraction of sp³-hybridized carbons (Fsp3) is 1.00. The molecule has 4 heteroatoms. The third-order valence-electron chi connectivity index (χ3n) is 4.20. The monoisotopic (exact) mass is 270 g/mol. The number of hydrogen-bond donors (Lipinski definition) is 1. The Morgan fingerprint density at radius 1 is 1.00 bits per heavy atom. The van der Waals surface area contributed by atoms with Crippen LogP contribution in [0.25, 0.3) is 0 Å². The van der Waals surface area contributed by atoms with Gasteiger partial charge >= 0.3 is 0 Å². The molecule has 0 aromatic heterocycles. The second-order valence-electron chi connectivity index (χ2n) is 7.25. The zero-order valence-corrected chi connectivity index (χ0v) is 13.7. The van der Waals surface area contributed by atoms with Gasteiger partial charge in [-0.1, -0.05) is 20.8 Å². The van der Waals surface area contributed by atoms with Crippen molar-refractivity contribution in [3.05, 3.63) is 0 Å². The van der Waals surface area contributed by atoms with Crippen LogP contribution in [0, 0.1) is 5.41 Å². The summed E-state index contributed by atoms with van der Waals surface area (Å²) in [7, 11) is 4.29. The highest BCUT2D eigenvalue weighted by Crippen LogP contribution is 2.20. The van der Waals surface area contributed by atoms with Crippen molar-refractivity contribution in [1.29, 1.82) is 0 Å². The van der Waals surface area contributed by atoms with E-state index in [0.29, 0.717) is 6.04 Å². The van der Waals surface area contributed by atoms with Crippen LogP contribution in [0.2, 0.25) is 0 Å². The summed E-state index contributed by atoms with van der Waals surface area (Å²) in [5.74, 6) is 0. The molecule has 1 heterocycles. The first-order chi connectivity index (χ1) is 8.79. The Kier molecular flexibility index (Phi) is 6.74. The molecule has 19 heavy (non-hydrogen) atoms. The first-order valence-electron chi connectivity index (χ1n) is 7.64. The Morgan fingerprint density at radius 2 is 1.47 bits per heavy atom. The zero-order valence-electron chi connectivity index (χ0n) is 13.7. The van der Waals surface area contributed by atoms with Crippen molar-refractivity contribution in [1.82, 2.24) is 14.7 Å². The topological polar surface area (TPSA) is 35.7 Å². The van der Waals surface area contributed by atoms with E-state index < -0.39 is 0 Å². The molecule has 1 unspecified atom stereocenters. The van der Waals surface area contributed by atoms with E-state index in [1.807, 2.05) is 0 Å². The van der Waals surface area contributed by atoms with E-state index >= 15 is 0 Å². The standard InChI is InChI=1S/C15H34N4/c1-15(2,3)14(16)6-7-18-10-12-19(13-11-18)9-8-17(4)5/h14H,6-13,16H2,1-5H3. The SMILES string of the molecule is CN(C)CCN1CCN(CCC(N)C(C)(C)C)CC1. The minimum absolute atomic E-state index is 0.230. The van der Waals surface area contributed by atoms with Crippen LogP contribution < -0.4 is 5.73 Å². The summed E-state index contributed by atoms with van der Waals surface area (Å²) in [4.78, 5) is 7.40. The molecule has 0 aromatic rings. The van der Waals surface area contributed by atoms with Gasteiger partial charge in [0.05, 0.1) is 0 Å². The molecule has 0 bridgehead atoms. The second kappa shape index (κ2) is 7.58. The van der Waals surface area contributed by atoms with E-state index in [1.165, 1.54) is 32.7 Å². The van der Waals surface area contributed by atoms with E-state index in [0.717, 1.165) is 19.5 Å². The lowest BCUT2D eigenvalue weighted by Crippen LogP contribution is -2.49. The largest absolute Gasteiger partial charge is 0.327 e. The van der Waals surface area contributed by atoms with Crippen molar-refractivity contribution < 1.29 is 0 Å². The number of nitrogens with zero attached hydrogens (tertiary/aromatic N) is 3. The van der Waals surface area contributed by atoms with Crippen LogP contribution in [-0.2, 0) is 0 Å². The van der Waals surface area contributed by atoms with Gasteiger partial charge < -0.3 is 15.5 Å². The molecule has 1 aliphatic rings. The average Bonchev–Trinajstić information content (AvgIpc) is 2.33. The summed E-state index contributed by atoms with van der Waals surface area (Å²) in [5, 5.41) is 0. The average molecular weight is 270 g/mol. The van der Waals surface area contributed by atoms with E-state index in [-0.39, 0.29) is 5.41 Å². The van der Waals surface area contributed by atoms with Crippen LogP contribution >= 0.6 is 0 Å². The molecule has 2 N–H and O–H groups in total. The molecule has 0 aliphatic carbocycles. The van der Waals surface area contributed by atoms with Crippen LogP contribution in [0.5, 0.6) is 0 Å². The lowest BCUT2D eigenvalue weighted by molar-refractivity contribution is 0.118. The number of nitrogens with two attached hydrogens (primary N) is 1. The number of hydrogen-bond acceptors (Lipinski definition) is 4. The van der Waals surface area contributed by atoms with Gasteiger partial charge in [0.15, 0.2) is 0 Å². The van der Waals surface area contributed by atoms with E-state index in [4.69, 9.17) is 5.73 Å². The van der Waals surface area contributed by atoms with E-state index in [1.54, 1.807) is 0 Å². The van der Waals surface area contributed by atoms with Gasteiger partial charge in [-0.15, -0.1) is 0 Å². The van der Waals surface area contributed by atoms with Gasteiger partial charge in [-0.05, 0) is 32.5 Å². The number of piperazine rings is 1. The first kappa shape index (κ1) is 16.9. The zero-order chi connectivity index (χ0) is 14.5. The maximum atomic E-state index is 6.23. The van der Waals surface area contributed by atoms with Crippen LogP contribution in [-0.4, -0.2) is 80.7 Å². The van der Waals surface area contributed by atoms with Crippen LogP contribution in [0.15, 0.2) is 0 Å². The maximum Gasteiger partial charge on any atom is 0.0110 e. The van der Waals surface area contributed by atoms with E-state index in [9.17, 15) is 0 Å². The summed E-state index contributed by atoms with van der Waals surface area (Å²) in [6.07, 6.45) is 1.11. The van der Waals surface area contributed by atoms with E-state index in [2.05, 4.69) is 49.6 Å². The maximum absolute atomic E-state index is 6.23. The fourth-order valence-corrected chi connectivity index (χ4v) is 2.33. The minimum Gasteiger partial charge on any atom is -0.327 e. The lowest BCUT2D eigenvalue weighted by atomic mass is 9.85. The Balaban J connectivity index is 2.16. The molecule has 1 saturated heterocycles. The van der Waals surface area contributed by atoms with Gasteiger partial charge in [-0.25, -0.2) is 0 Å². The predicted molar refractivity (Wildman–Crippen MR) is 83.5 cm³/mol. The van der Waals surface area contributed by atoms with Crippen LogP contribution in [0.3, 0.4) is 0 Å². The van der Waals surface area contributed by atoms with Gasteiger partial charge in [-0.2, -0.15) is 0 Å². The molecule has 0 spiro atoms. The molecule has 1 fully saturated rings. The quantitative estimate of drug-likeness (QED) is 0.779. The smallest absolute Gasteiger partial charge is 0.0110 e. The Hall–Kier alpha value is -0.160. The number of likely N-dealkylation sites (N-methyl/N-ethyl adjacent to an activating group) is 1. The molecular formula is C15H34N4. The summed E-state index contributed by atoms with van der Waals surface area (Å²) in [6, 6.07) is 0.305. The molecule has 1 atom stereocenters. The fourth-order valence-electron chi connectivity index (χ4n) is 2.33. The molecule has 0 saturated carbocycles. The van der Waals surface area contributed by atoms with Gasteiger partial charge in [0.25, 0.3) is 0 Å². The third-order valence-corrected chi connectivity index (χ3v) is 4.20. The minimum atomic E-state index is 0.230. The van der Waals surface area contributed by atoms with Gasteiger partial charge in [0.1, 0.15) is 0 Å². The third kappa shape index (κ3) is 6.70. The lowest BCUT2D eigenvalue weighted by Gasteiger charge is -2.36. The Labute approximate surface area is 119 Å². The molecule has 0 amide bonds. The highest BCUT2D eigenvalue weighted by atomic mass is 15.3. The highest BCUT2D eigenvalue weighted by molar-refractivity contribution is 4.79. The summed E-state index contributed by atoms with van der Waals surface area (Å²) < 4.78 is 0. The van der Waals surface area contributed by atoms with Gasteiger partial charge in [-0.3, -0.25) is 4.90 Å². The summed E-state index contributed by atoms with van der Waals surface area (Å²) in [6.45, 7) is 15.0. The van der Waals surface area contributed by atoms with Crippen molar-refractivity contribution in [3.63, 3.8) is 0 Å². The van der Waals surface area contributed by atoms with Crippen molar-refractivity contribution in [2.75, 3.05) is 59.9 Å². The highest BCUT2D eigenvalue weighted by Gasteiger charge is 2.22. The molecular weight excluding hydrogens is 236 g/mol. The molecule has 1 aliphatic heterocycles. The number of rotatable bonds is 6. The van der Waals surface area contributed by atoms with Crippen molar-refractivity contribution in [2.45, 2.75) is 33.2 Å². The van der Waals surface area contributed by atoms with Crippen molar-refractivity contribution in [3.8, 4) is 0 Å². The summed E-state index contributed by atoms with van der Waals surface area (Å²) in [5.41, 5.74) is 6.46. The second-order valence-corrected chi connectivity index (χ2v) is 7.25. The molecule has 0 aromatic carbocycles. The first-order valence-corrected chi connectivity index (χ1v) is 7.64. The van der Waals surface area contributed by atoms with Crippen molar-refractivity contribution in [2.24, 2.45) is 11.1 Å². The molecule has 4 nitrogen and oxygen atoms in total. The molecule has 114 valence electrons. The predicted octanol–water partition coefficient (Wildman–Crippen LogP) is 0.929. The van der Waals surface area contributed by atoms with Crippen molar-refractivity contribution >= 4 is 0 Å². The molecule has 1 rings (SSSR count). The van der Waals surface area contributed by atoms with Gasteiger partial charge in [0.2, 0.25) is 0 Å². The Morgan fingerprint density at radius 3 is 1.89 bits per heavy atom. The van der Waals surface area contributed by atoms with Gasteiger partial charge in [0, 0.05) is 45.3 Å². The molecule has 0 radical (unpaired) electrons. The summed E-state index contributed by atoms with van der Waals surface area (Å²) >= 11 is 0. The normalized spacial score (nSPS) is 21.0. The van der Waals surface area contributed by atoms with Crippen LogP contribution in [0.4, 0.5) is 0 Å².